The zero-order valence-corrected chi connectivity index (χ0v) is 12.4. The van der Waals surface area contributed by atoms with Crippen LogP contribution in [0.1, 0.15) is 47.0 Å². The second-order valence-electron chi connectivity index (χ2n) is 6.53. The number of amides is 1. The van der Waals surface area contributed by atoms with E-state index in [1.807, 2.05) is 0 Å². The molecule has 1 unspecified atom stereocenters. The zero-order chi connectivity index (χ0) is 14.6. The number of nitrogens with zero attached hydrogens (tertiary/aromatic N) is 1. The van der Waals surface area contributed by atoms with E-state index in [1.54, 1.807) is 11.8 Å². The zero-order valence-electron chi connectivity index (χ0n) is 12.4. The number of aliphatic carboxylic acids is 1. The first kappa shape index (κ1) is 15.7. The number of carbonyl (C=O) groups is 2. The smallest absolute Gasteiger partial charge is 0.328 e. The van der Waals surface area contributed by atoms with E-state index < -0.39 is 5.97 Å². The molecule has 1 aliphatic rings. The molecule has 4 nitrogen and oxygen atoms in total. The van der Waals surface area contributed by atoms with Gasteiger partial charge in [-0.3, -0.25) is 4.79 Å². The molecule has 1 amide bonds. The maximum Gasteiger partial charge on any atom is 0.328 e. The minimum atomic E-state index is -0.952. The van der Waals surface area contributed by atoms with Crippen LogP contribution in [-0.2, 0) is 9.59 Å². The lowest BCUT2D eigenvalue weighted by molar-refractivity contribution is -0.132. The van der Waals surface area contributed by atoms with E-state index >= 15 is 0 Å². The van der Waals surface area contributed by atoms with E-state index in [-0.39, 0.29) is 11.3 Å². The standard InChI is InChI=1S/C15H25NO3/c1-11(9-14(18)19)10-16-8-7-12(15(2,3)4)5-6-13(16)17/h9,12H,5-8,10H2,1-4H3,(H,18,19). The molecular formula is C15H25NO3. The van der Waals surface area contributed by atoms with Crippen LogP contribution in [0.3, 0.4) is 0 Å². The monoisotopic (exact) mass is 267 g/mol. The Bertz CT molecular complexity index is 379. The van der Waals surface area contributed by atoms with Crippen LogP contribution in [0.25, 0.3) is 0 Å². The molecule has 1 saturated heterocycles. The van der Waals surface area contributed by atoms with Crippen LogP contribution in [0.4, 0.5) is 0 Å². The number of carboxylic acid groups (broad SMARTS) is 1. The summed E-state index contributed by atoms with van der Waals surface area (Å²) >= 11 is 0. The molecule has 4 heteroatoms. The molecule has 1 atom stereocenters. The number of likely N-dealkylation sites (tertiary alicyclic amines) is 1. The van der Waals surface area contributed by atoms with Crippen LogP contribution < -0.4 is 0 Å². The molecule has 1 aliphatic heterocycles. The fraction of sp³-hybridized carbons (Fsp3) is 0.733. The van der Waals surface area contributed by atoms with E-state index in [2.05, 4.69) is 20.8 Å². The summed E-state index contributed by atoms with van der Waals surface area (Å²) < 4.78 is 0. The van der Waals surface area contributed by atoms with E-state index in [1.165, 1.54) is 6.08 Å². The van der Waals surface area contributed by atoms with Crippen LogP contribution in [-0.4, -0.2) is 35.0 Å². The highest BCUT2D eigenvalue weighted by molar-refractivity contribution is 5.81. The fourth-order valence-electron chi connectivity index (χ4n) is 2.63. The Labute approximate surface area is 115 Å². The van der Waals surface area contributed by atoms with Crippen molar-refractivity contribution < 1.29 is 14.7 Å². The fourth-order valence-corrected chi connectivity index (χ4v) is 2.63. The van der Waals surface area contributed by atoms with Gasteiger partial charge in [0.1, 0.15) is 0 Å². The lowest BCUT2D eigenvalue weighted by atomic mass is 9.77. The molecule has 0 saturated carbocycles. The molecule has 0 spiro atoms. The summed E-state index contributed by atoms with van der Waals surface area (Å²) in [7, 11) is 0. The van der Waals surface area contributed by atoms with Gasteiger partial charge in [0.25, 0.3) is 0 Å². The van der Waals surface area contributed by atoms with Gasteiger partial charge in [0, 0.05) is 25.6 Å². The Balaban J connectivity index is 2.67. The molecule has 19 heavy (non-hydrogen) atoms. The molecule has 1 rings (SSSR count). The van der Waals surface area contributed by atoms with Gasteiger partial charge in [-0.2, -0.15) is 0 Å². The van der Waals surface area contributed by atoms with Crippen molar-refractivity contribution in [1.29, 1.82) is 0 Å². The maximum absolute atomic E-state index is 12.1. The molecule has 0 bridgehead atoms. The second kappa shape index (κ2) is 6.22. The highest BCUT2D eigenvalue weighted by Gasteiger charge is 2.29. The van der Waals surface area contributed by atoms with Gasteiger partial charge in [-0.1, -0.05) is 20.8 Å². The van der Waals surface area contributed by atoms with E-state index in [4.69, 9.17) is 5.11 Å². The van der Waals surface area contributed by atoms with Crippen molar-refractivity contribution in [2.45, 2.75) is 47.0 Å². The molecule has 0 aromatic rings. The first-order valence-corrected chi connectivity index (χ1v) is 6.88. The third-order valence-corrected chi connectivity index (χ3v) is 3.84. The quantitative estimate of drug-likeness (QED) is 0.800. The molecule has 0 aromatic heterocycles. The predicted molar refractivity (Wildman–Crippen MR) is 74.8 cm³/mol. The van der Waals surface area contributed by atoms with Crippen molar-refractivity contribution in [3.8, 4) is 0 Å². The largest absolute Gasteiger partial charge is 0.478 e. The summed E-state index contributed by atoms with van der Waals surface area (Å²) in [5.74, 6) is -0.262. The van der Waals surface area contributed by atoms with Crippen molar-refractivity contribution in [1.82, 2.24) is 4.90 Å². The Kier molecular flexibility index (Phi) is 5.15. The van der Waals surface area contributed by atoms with Gasteiger partial charge in [-0.05, 0) is 36.7 Å². The maximum atomic E-state index is 12.1. The number of hydrogen-bond acceptors (Lipinski definition) is 2. The van der Waals surface area contributed by atoms with Crippen molar-refractivity contribution in [3.05, 3.63) is 11.6 Å². The third-order valence-electron chi connectivity index (χ3n) is 3.84. The van der Waals surface area contributed by atoms with Gasteiger partial charge in [-0.15, -0.1) is 0 Å². The highest BCUT2D eigenvalue weighted by Crippen LogP contribution is 2.34. The SMILES string of the molecule is CC(=CC(=O)O)CN1CCC(C(C)(C)C)CCC1=O. The summed E-state index contributed by atoms with van der Waals surface area (Å²) in [5.41, 5.74) is 0.942. The first-order valence-electron chi connectivity index (χ1n) is 6.88. The van der Waals surface area contributed by atoms with Crippen LogP contribution in [0.2, 0.25) is 0 Å². The average molecular weight is 267 g/mol. The second-order valence-corrected chi connectivity index (χ2v) is 6.53. The summed E-state index contributed by atoms with van der Waals surface area (Å²) in [5, 5.41) is 8.70. The molecule has 0 aliphatic carbocycles. The normalized spacial score (nSPS) is 22.3. The molecule has 0 aromatic carbocycles. The van der Waals surface area contributed by atoms with E-state index in [0.29, 0.717) is 18.9 Å². The van der Waals surface area contributed by atoms with Gasteiger partial charge in [0.2, 0.25) is 5.91 Å². The summed E-state index contributed by atoms with van der Waals surface area (Å²) in [6.45, 7) is 9.56. The van der Waals surface area contributed by atoms with Gasteiger partial charge in [-0.25, -0.2) is 4.79 Å². The lowest BCUT2D eigenvalue weighted by Gasteiger charge is -2.29. The van der Waals surface area contributed by atoms with Crippen molar-refractivity contribution in [3.63, 3.8) is 0 Å². The number of carbonyl (C=O) groups excluding carboxylic acids is 1. The number of carboxylic acids is 1. The summed E-state index contributed by atoms with van der Waals surface area (Å²) in [4.78, 5) is 24.5. The first-order chi connectivity index (χ1) is 8.70. The van der Waals surface area contributed by atoms with Crippen LogP contribution in [0.15, 0.2) is 11.6 Å². The van der Waals surface area contributed by atoms with Gasteiger partial charge in [0.15, 0.2) is 0 Å². The molecule has 0 radical (unpaired) electrons. The Morgan fingerprint density at radius 1 is 1.42 bits per heavy atom. The molecule has 1 N–H and O–H groups in total. The number of hydrogen-bond donors (Lipinski definition) is 1. The van der Waals surface area contributed by atoms with Gasteiger partial charge < -0.3 is 10.0 Å². The number of rotatable bonds is 3. The van der Waals surface area contributed by atoms with E-state index in [9.17, 15) is 9.59 Å². The van der Waals surface area contributed by atoms with Crippen LogP contribution >= 0.6 is 0 Å². The lowest BCUT2D eigenvalue weighted by Crippen LogP contribution is -2.32. The van der Waals surface area contributed by atoms with Crippen molar-refractivity contribution in [2.75, 3.05) is 13.1 Å². The third kappa shape index (κ3) is 5.05. The predicted octanol–water partition coefficient (Wildman–Crippen LogP) is 2.69. The van der Waals surface area contributed by atoms with Gasteiger partial charge >= 0.3 is 5.97 Å². The molecular weight excluding hydrogens is 242 g/mol. The van der Waals surface area contributed by atoms with Gasteiger partial charge in [0.05, 0.1) is 0 Å². The topological polar surface area (TPSA) is 57.6 Å². The molecule has 108 valence electrons. The Hall–Kier alpha value is -1.32. The summed E-state index contributed by atoms with van der Waals surface area (Å²) in [6, 6.07) is 0. The van der Waals surface area contributed by atoms with E-state index in [0.717, 1.165) is 25.0 Å². The minimum Gasteiger partial charge on any atom is -0.478 e. The minimum absolute atomic E-state index is 0.143. The van der Waals surface area contributed by atoms with Crippen LogP contribution in [0.5, 0.6) is 0 Å². The van der Waals surface area contributed by atoms with Crippen molar-refractivity contribution in [2.24, 2.45) is 11.3 Å². The Morgan fingerprint density at radius 3 is 2.58 bits per heavy atom. The average Bonchev–Trinajstić information content (AvgIpc) is 2.40. The summed E-state index contributed by atoms with van der Waals surface area (Å²) in [6.07, 6.45) is 3.68. The Morgan fingerprint density at radius 2 is 2.05 bits per heavy atom. The van der Waals surface area contributed by atoms with Crippen molar-refractivity contribution >= 4 is 11.9 Å². The molecule has 1 fully saturated rings. The molecule has 1 heterocycles. The van der Waals surface area contributed by atoms with Crippen LogP contribution in [0, 0.1) is 11.3 Å². The highest BCUT2D eigenvalue weighted by atomic mass is 16.4.